The van der Waals surface area contributed by atoms with Gasteiger partial charge in [0.15, 0.2) is 0 Å². The van der Waals surface area contributed by atoms with E-state index in [1.807, 2.05) is 24.3 Å². The molecule has 8 aromatic rings. The molecule has 2 aliphatic heterocycles. The molecule has 8 heterocycles. The number of carbonyl (C=O) groups is 2. The second kappa shape index (κ2) is 28.5. The fraction of sp³-hybridized carbons (Fsp3) is 0.458. The third kappa shape index (κ3) is 13.3. The van der Waals surface area contributed by atoms with Gasteiger partial charge in [0.05, 0.1) is 101 Å². The number of amides is 1. The highest BCUT2D eigenvalue weighted by molar-refractivity contribution is 7.21. The number of aromatic nitrogens is 10. The van der Waals surface area contributed by atoms with Crippen LogP contribution in [0.15, 0.2) is 92.5 Å². The number of carbonyl (C=O) groups excluding carboxylic acids is 1. The number of thiophene rings is 2. The smallest absolute Gasteiger partial charge is 0.333 e. The summed E-state index contributed by atoms with van der Waals surface area (Å²) < 4.78 is 28.0. The molecule has 2 fully saturated rings. The number of carboxylic acid groups (broad SMARTS) is 1. The number of nitriles is 2. The van der Waals surface area contributed by atoms with Crippen molar-refractivity contribution >= 4 is 55.0 Å². The lowest BCUT2D eigenvalue weighted by Crippen LogP contribution is -2.56. The first-order chi connectivity index (χ1) is 40.8. The SMILES string of the molecule is C.C1CCNC1.COc1ccccc1[C@H](Cn1c(=O)n(C(C)(C)C(=O)N2CCCC2)c(=O)c2c(C)c(-n3nccn3)sc21)OCCC#N.COc1ccccc1[C@H](Cn1c(=O)n(C(C)(C)C(=O)O)c(=O)c2c(C)c(-n3nccn3)sc21)OCCC#N. The van der Waals surface area contributed by atoms with E-state index < -0.39 is 51.8 Å². The van der Waals surface area contributed by atoms with Gasteiger partial charge in [-0.05, 0) is 92.4 Å². The van der Waals surface area contributed by atoms with E-state index in [2.05, 4.69) is 31.8 Å². The van der Waals surface area contributed by atoms with E-state index in [4.69, 9.17) is 29.5 Å². The minimum absolute atomic E-state index is 0. The van der Waals surface area contributed by atoms with Gasteiger partial charge in [-0.2, -0.15) is 30.9 Å². The molecule has 0 unspecified atom stereocenters. The minimum Gasteiger partial charge on any atom is -0.496 e. The lowest BCUT2D eigenvalue weighted by atomic mass is 10.0. The lowest BCUT2D eigenvalue weighted by Gasteiger charge is -2.31. The van der Waals surface area contributed by atoms with E-state index in [9.17, 15) is 33.9 Å². The first-order valence-electron chi connectivity index (χ1n) is 27.6. The van der Waals surface area contributed by atoms with Crippen molar-refractivity contribution in [2.24, 2.45) is 0 Å². The van der Waals surface area contributed by atoms with Gasteiger partial charge in [-0.25, -0.2) is 23.5 Å². The molecule has 10 rings (SSSR count). The molecule has 0 bridgehead atoms. The van der Waals surface area contributed by atoms with Crippen molar-refractivity contribution in [3.8, 4) is 33.6 Å². The highest BCUT2D eigenvalue weighted by Gasteiger charge is 2.40. The number of nitrogens with zero attached hydrogens (tertiary/aromatic N) is 13. The lowest BCUT2D eigenvalue weighted by molar-refractivity contribution is -0.146. The van der Waals surface area contributed by atoms with Crippen LogP contribution < -0.4 is 37.3 Å². The summed E-state index contributed by atoms with van der Waals surface area (Å²) >= 11 is 2.36. The summed E-state index contributed by atoms with van der Waals surface area (Å²) in [6, 6.07) is 18.5. The highest BCUT2D eigenvalue weighted by atomic mass is 32.1. The van der Waals surface area contributed by atoms with E-state index in [0.717, 1.165) is 33.3 Å². The van der Waals surface area contributed by atoms with E-state index in [1.165, 1.54) is 102 Å². The number of carboxylic acids is 1. The van der Waals surface area contributed by atoms with Crippen molar-refractivity contribution in [2.45, 2.75) is 124 Å². The van der Waals surface area contributed by atoms with E-state index >= 15 is 0 Å². The molecule has 86 heavy (non-hydrogen) atoms. The van der Waals surface area contributed by atoms with Crippen molar-refractivity contribution in [2.75, 3.05) is 53.6 Å². The Labute approximate surface area is 503 Å². The molecule has 0 radical (unpaired) electrons. The van der Waals surface area contributed by atoms with Gasteiger partial charge in [0.2, 0.25) is 5.91 Å². The average Bonchev–Trinajstić information content (AvgIpc) is 3.70. The van der Waals surface area contributed by atoms with Gasteiger partial charge in [0.25, 0.3) is 11.1 Å². The summed E-state index contributed by atoms with van der Waals surface area (Å²) in [6.07, 6.45) is 9.40. The van der Waals surface area contributed by atoms with Crippen molar-refractivity contribution in [1.82, 2.24) is 58.5 Å². The Hall–Kier alpha value is -8.60. The second-order valence-electron chi connectivity index (χ2n) is 21.0. The third-order valence-corrected chi connectivity index (χ3v) is 17.4. The predicted octanol–water partition coefficient (Wildman–Crippen LogP) is 6.77. The van der Waals surface area contributed by atoms with Crippen LogP contribution in [0.1, 0.15) is 108 Å². The Morgan fingerprint density at radius 3 is 1.41 bits per heavy atom. The van der Waals surface area contributed by atoms with Crippen LogP contribution in [-0.2, 0) is 43.2 Å². The number of nitrogens with one attached hydrogen (secondary N) is 1. The third-order valence-electron chi connectivity index (χ3n) is 14.8. The molecule has 27 heteroatoms. The van der Waals surface area contributed by atoms with Gasteiger partial charge in [0.1, 0.15) is 54.4 Å². The number of aryl methyl sites for hydroxylation is 2. The molecule has 2 aromatic carbocycles. The number of aliphatic carboxylic acids is 1. The zero-order chi connectivity index (χ0) is 61.2. The van der Waals surface area contributed by atoms with Crippen LogP contribution >= 0.6 is 22.7 Å². The maximum absolute atomic E-state index is 14.4. The van der Waals surface area contributed by atoms with Crippen molar-refractivity contribution < 1.29 is 33.6 Å². The van der Waals surface area contributed by atoms with E-state index in [0.29, 0.717) is 71.9 Å². The number of rotatable bonds is 20. The first kappa shape index (κ1) is 65.0. The van der Waals surface area contributed by atoms with Crippen molar-refractivity contribution in [3.05, 3.63) is 137 Å². The van der Waals surface area contributed by atoms with Crippen LogP contribution in [0.2, 0.25) is 0 Å². The Morgan fingerprint density at radius 2 is 1.05 bits per heavy atom. The first-order valence-corrected chi connectivity index (χ1v) is 29.3. The number of hydrogen-bond acceptors (Lipinski definition) is 19. The van der Waals surface area contributed by atoms with E-state index in [-0.39, 0.29) is 57.9 Å². The largest absolute Gasteiger partial charge is 0.496 e. The number of methoxy groups -OCH3 is 2. The number of fused-ring (bicyclic) bond motifs is 2. The van der Waals surface area contributed by atoms with Crippen LogP contribution in [0.4, 0.5) is 0 Å². The van der Waals surface area contributed by atoms with Gasteiger partial charge in [0, 0.05) is 35.3 Å². The molecule has 6 aromatic heterocycles. The highest BCUT2D eigenvalue weighted by Crippen LogP contribution is 2.36. The van der Waals surface area contributed by atoms with Crippen LogP contribution in [0.5, 0.6) is 11.5 Å². The van der Waals surface area contributed by atoms with Crippen molar-refractivity contribution in [3.63, 3.8) is 0 Å². The summed E-state index contributed by atoms with van der Waals surface area (Å²) in [5.74, 6) is -0.540. The van der Waals surface area contributed by atoms with Gasteiger partial charge in [-0.15, -0.1) is 9.59 Å². The van der Waals surface area contributed by atoms with Gasteiger partial charge in [-0.1, -0.05) is 66.5 Å². The summed E-state index contributed by atoms with van der Waals surface area (Å²) in [7, 11) is 3.06. The molecule has 2 aliphatic rings. The molecular weight excluding hydrogens is 1140 g/mol. The zero-order valence-corrected chi connectivity index (χ0v) is 50.3. The fourth-order valence-electron chi connectivity index (χ4n) is 10.3. The number of para-hydroxylation sites is 2. The maximum Gasteiger partial charge on any atom is 0.333 e. The molecule has 0 spiro atoms. The van der Waals surface area contributed by atoms with Crippen LogP contribution in [0.25, 0.3) is 30.4 Å². The zero-order valence-electron chi connectivity index (χ0n) is 48.6. The van der Waals surface area contributed by atoms with Crippen LogP contribution in [0.3, 0.4) is 0 Å². The maximum atomic E-state index is 14.4. The van der Waals surface area contributed by atoms with Gasteiger partial charge >= 0.3 is 17.3 Å². The van der Waals surface area contributed by atoms with Gasteiger partial charge in [-0.3, -0.25) is 23.5 Å². The normalized spacial score (nSPS) is 13.9. The Kier molecular flexibility index (Phi) is 21.5. The summed E-state index contributed by atoms with van der Waals surface area (Å²) in [5.41, 5.74) is -3.57. The van der Waals surface area contributed by atoms with Crippen LogP contribution in [0, 0.1) is 36.5 Å². The Balaban J connectivity index is 0.000000226. The van der Waals surface area contributed by atoms with Crippen molar-refractivity contribution in [1.29, 1.82) is 10.5 Å². The standard InChI is InChI=1S/C29H33N7O5S.C25H26N6O6S.C4H9N.CH4/c1-19-23-24(37)35(29(2,3)27(38)33-15-7-8-16-33)28(39)34(26(23)42-25(19)36-31-13-14-32-36)18-22(41-17-9-12-30)20-10-5-6-11-21(20)40-4;1-15-19-20(32)30(25(2,3)23(33)34)24(35)29(22(19)38-21(15)31-27-11-12-28-31)14-18(37-13-7-10-26)16-8-5-6-9-17(16)36-4;1-2-4-5-3-1;/h5-6,10-11,13-14,22H,7-9,15-18H2,1-4H3;5-6,8-9,11-12,18H,7,13-14H2,1-4H3,(H,33,34);5H,1-4H2;1H4/t22-;18-;;/m00../s1. The monoisotopic (exact) mass is 1220 g/mol. The molecule has 1 amide bonds. The summed E-state index contributed by atoms with van der Waals surface area (Å²) in [6.45, 7) is 13.1. The number of hydrogen-bond donors (Lipinski definition) is 2. The Bertz CT molecular complexity index is 3990. The quantitative estimate of drug-likeness (QED) is 0.0744. The molecule has 2 saturated heterocycles. The molecule has 25 nitrogen and oxygen atoms in total. The molecule has 456 valence electrons. The molecule has 0 saturated carbocycles. The van der Waals surface area contributed by atoms with Crippen LogP contribution in [-0.4, -0.2) is 124 Å². The number of benzene rings is 2. The number of likely N-dealkylation sites (tertiary alicyclic amines) is 1. The fourth-order valence-corrected chi connectivity index (χ4v) is 12.7. The average molecular weight is 1220 g/mol. The molecular formula is C59H72N14O11S2. The minimum atomic E-state index is -1.84. The predicted molar refractivity (Wildman–Crippen MR) is 325 cm³/mol. The topological polar surface area (TPSA) is 304 Å². The second-order valence-corrected chi connectivity index (χ2v) is 23.0. The molecule has 2 N–H and O–H groups in total. The Morgan fingerprint density at radius 1 is 0.651 bits per heavy atom. The molecule has 0 aliphatic carbocycles. The number of ether oxygens (including phenoxy) is 4. The van der Waals surface area contributed by atoms with E-state index in [1.54, 1.807) is 70.0 Å². The summed E-state index contributed by atoms with van der Waals surface area (Å²) in [4.78, 5) is 87.3. The molecule has 2 atom stereocenters. The van der Waals surface area contributed by atoms with Gasteiger partial charge < -0.3 is 34.3 Å². The summed E-state index contributed by atoms with van der Waals surface area (Å²) in [5, 5.41) is 49.7.